The number of carbonyl (C=O) groups is 1. The SMILES string of the molecule is Cc1ccc([C@H](C(=O)N2CCN(c3ncnc4c3[C@H](C)C[C@H]4F)CC2)[C@@H]2CCC(C)(C)N2)cc1. The summed E-state index contributed by atoms with van der Waals surface area (Å²) in [5, 5.41) is 3.72. The highest BCUT2D eigenvalue weighted by molar-refractivity contribution is 5.85. The van der Waals surface area contributed by atoms with Crippen LogP contribution in [0.1, 0.15) is 80.4 Å². The van der Waals surface area contributed by atoms with Gasteiger partial charge in [0.25, 0.3) is 0 Å². The van der Waals surface area contributed by atoms with Crippen molar-refractivity contribution < 1.29 is 9.18 Å². The van der Waals surface area contributed by atoms with E-state index in [1.54, 1.807) is 0 Å². The van der Waals surface area contributed by atoms with Crippen LogP contribution in [0.2, 0.25) is 0 Å². The number of piperazine rings is 1. The van der Waals surface area contributed by atoms with Gasteiger partial charge < -0.3 is 15.1 Å². The second kappa shape index (κ2) is 8.91. The first-order valence-electron chi connectivity index (χ1n) is 12.6. The molecule has 2 saturated heterocycles. The van der Waals surface area contributed by atoms with Crippen molar-refractivity contribution in [3.63, 3.8) is 0 Å². The summed E-state index contributed by atoms with van der Waals surface area (Å²) in [6.45, 7) is 11.2. The fraction of sp³-hybridized carbons (Fsp3) is 0.593. The molecular formula is C27H36FN5O. The number of carbonyl (C=O) groups excluding carboxylic acids is 1. The minimum absolute atomic E-state index is 0.0466. The molecule has 1 aromatic heterocycles. The third-order valence-electron chi connectivity index (χ3n) is 7.90. The molecule has 3 heterocycles. The summed E-state index contributed by atoms with van der Waals surface area (Å²) in [5.41, 5.74) is 3.83. The number of amides is 1. The van der Waals surface area contributed by atoms with Crippen molar-refractivity contribution in [3.05, 3.63) is 53.0 Å². The zero-order valence-electron chi connectivity index (χ0n) is 20.7. The largest absolute Gasteiger partial charge is 0.353 e. The van der Waals surface area contributed by atoms with Gasteiger partial charge in [0.05, 0.1) is 11.6 Å². The van der Waals surface area contributed by atoms with Gasteiger partial charge >= 0.3 is 0 Å². The van der Waals surface area contributed by atoms with Gasteiger partial charge in [-0.05, 0) is 51.5 Å². The van der Waals surface area contributed by atoms with Crippen LogP contribution >= 0.6 is 0 Å². The quantitative estimate of drug-likeness (QED) is 0.731. The molecule has 182 valence electrons. The minimum atomic E-state index is -1.01. The molecule has 2 aliphatic heterocycles. The molecule has 0 unspecified atom stereocenters. The Balaban J connectivity index is 1.33. The summed E-state index contributed by atoms with van der Waals surface area (Å²) in [5.74, 6) is 0.968. The molecule has 0 radical (unpaired) electrons. The topological polar surface area (TPSA) is 61.4 Å². The van der Waals surface area contributed by atoms with E-state index in [1.807, 2.05) is 11.8 Å². The van der Waals surface area contributed by atoms with Crippen molar-refractivity contribution in [3.8, 4) is 0 Å². The van der Waals surface area contributed by atoms with E-state index >= 15 is 0 Å². The Bertz CT molecular complexity index is 1050. The maximum Gasteiger partial charge on any atom is 0.231 e. The summed E-state index contributed by atoms with van der Waals surface area (Å²) >= 11 is 0. The Kier molecular flexibility index (Phi) is 6.09. The van der Waals surface area contributed by atoms with Gasteiger partial charge in [-0.3, -0.25) is 4.79 Å². The number of aryl methyl sites for hydroxylation is 1. The van der Waals surface area contributed by atoms with Gasteiger partial charge in [-0.25, -0.2) is 14.4 Å². The number of aromatic nitrogens is 2. The Morgan fingerprint density at radius 1 is 1.15 bits per heavy atom. The van der Waals surface area contributed by atoms with E-state index in [2.05, 4.69) is 65.2 Å². The molecule has 1 N–H and O–H groups in total. The van der Waals surface area contributed by atoms with Gasteiger partial charge in [0.2, 0.25) is 5.91 Å². The lowest BCUT2D eigenvalue weighted by Gasteiger charge is -2.39. The second-order valence-electron chi connectivity index (χ2n) is 11.0. The van der Waals surface area contributed by atoms with Crippen LogP contribution in [0.25, 0.3) is 0 Å². The number of benzene rings is 1. The highest BCUT2D eigenvalue weighted by atomic mass is 19.1. The molecule has 1 aliphatic carbocycles. The van der Waals surface area contributed by atoms with Crippen molar-refractivity contribution >= 4 is 11.7 Å². The van der Waals surface area contributed by atoms with Gasteiger partial charge in [-0.15, -0.1) is 0 Å². The van der Waals surface area contributed by atoms with Crippen molar-refractivity contribution in [2.45, 2.75) is 76.5 Å². The summed E-state index contributed by atoms with van der Waals surface area (Å²) in [4.78, 5) is 26.9. The first kappa shape index (κ1) is 23.2. The van der Waals surface area contributed by atoms with Crippen LogP contribution in [-0.4, -0.2) is 58.5 Å². The lowest BCUT2D eigenvalue weighted by molar-refractivity contribution is -0.133. The Morgan fingerprint density at radius 2 is 1.85 bits per heavy atom. The molecule has 2 aromatic rings. The van der Waals surface area contributed by atoms with Crippen molar-refractivity contribution in [2.75, 3.05) is 31.1 Å². The van der Waals surface area contributed by atoms with Crippen molar-refractivity contribution in [1.82, 2.24) is 20.2 Å². The highest BCUT2D eigenvalue weighted by Crippen LogP contribution is 2.44. The van der Waals surface area contributed by atoms with Crippen LogP contribution in [0.15, 0.2) is 30.6 Å². The molecule has 4 atom stereocenters. The molecule has 5 rings (SSSR count). The van der Waals surface area contributed by atoms with Gasteiger partial charge in [-0.2, -0.15) is 0 Å². The Morgan fingerprint density at radius 3 is 2.50 bits per heavy atom. The van der Waals surface area contributed by atoms with E-state index in [-0.39, 0.29) is 29.3 Å². The molecule has 6 nitrogen and oxygen atoms in total. The van der Waals surface area contributed by atoms with Gasteiger partial charge in [-0.1, -0.05) is 36.8 Å². The van der Waals surface area contributed by atoms with E-state index in [0.29, 0.717) is 38.3 Å². The average molecular weight is 466 g/mol. The van der Waals surface area contributed by atoms with Crippen LogP contribution < -0.4 is 10.2 Å². The molecule has 0 saturated carbocycles. The second-order valence-corrected chi connectivity index (χ2v) is 11.0. The van der Waals surface area contributed by atoms with Crippen LogP contribution in [0.5, 0.6) is 0 Å². The molecule has 3 aliphatic rings. The maximum atomic E-state index is 14.4. The third kappa shape index (κ3) is 4.30. The van der Waals surface area contributed by atoms with E-state index < -0.39 is 6.17 Å². The predicted octanol–water partition coefficient (Wildman–Crippen LogP) is 4.27. The first-order valence-corrected chi connectivity index (χ1v) is 12.6. The molecule has 0 bridgehead atoms. The van der Waals surface area contributed by atoms with Crippen LogP contribution in [-0.2, 0) is 4.79 Å². The summed E-state index contributed by atoms with van der Waals surface area (Å²) in [6.07, 6.45) is 3.01. The number of hydrogen-bond acceptors (Lipinski definition) is 5. The first-order chi connectivity index (χ1) is 16.2. The van der Waals surface area contributed by atoms with E-state index in [1.165, 1.54) is 11.9 Å². The number of halogens is 1. The highest BCUT2D eigenvalue weighted by Gasteiger charge is 2.41. The molecule has 2 fully saturated rings. The van der Waals surface area contributed by atoms with Crippen LogP contribution in [0.4, 0.5) is 10.2 Å². The molecule has 1 amide bonds. The zero-order chi connectivity index (χ0) is 24.0. The third-order valence-corrected chi connectivity index (χ3v) is 7.90. The van der Waals surface area contributed by atoms with E-state index in [4.69, 9.17) is 0 Å². The predicted molar refractivity (Wildman–Crippen MR) is 132 cm³/mol. The van der Waals surface area contributed by atoms with Crippen molar-refractivity contribution in [1.29, 1.82) is 0 Å². The summed E-state index contributed by atoms with van der Waals surface area (Å²) < 4.78 is 14.4. The number of alkyl halides is 1. The Labute approximate surface area is 202 Å². The monoisotopic (exact) mass is 465 g/mol. The standard InChI is InChI=1S/C27H36FN5O/c1-17-5-7-19(8-6-17)23(21-9-10-27(3,4)31-21)26(34)33-13-11-32(12-14-33)25-22-18(2)15-20(28)24(22)29-16-30-25/h5-8,16,18,20-21,23,31H,9-15H2,1-4H3/t18-,20-,21+,23+/m1/s1. The van der Waals surface area contributed by atoms with Gasteiger partial charge in [0.15, 0.2) is 0 Å². The van der Waals surface area contributed by atoms with Crippen LogP contribution in [0.3, 0.4) is 0 Å². The number of hydrogen-bond donors (Lipinski definition) is 1. The number of rotatable bonds is 4. The molecule has 34 heavy (non-hydrogen) atoms. The Hall–Kier alpha value is -2.54. The summed E-state index contributed by atoms with van der Waals surface area (Å²) in [6, 6.07) is 8.56. The van der Waals surface area contributed by atoms with Crippen LogP contribution in [0, 0.1) is 6.92 Å². The minimum Gasteiger partial charge on any atom is -0.353 e. The molecule has 0 spiro atoms. The normalized spacial score (nSPS) is 27.0. The molecular weight excluding hydrogens is 429 g/mol. The molecule has 7 heteroatoms. The zero-order valence-corrected chi connectivity index (χ0v) is 20.7. The number of anilines is 1. The fourth-order valence-electron chi connectivity index (χ4n) is 5.98. The maximum absolute atomic E-state index is 14.4. The number of nitrogens with zero attached hydrogens (tertiary/aromatic N) is 4. The lowest BCUT2D eigenvalue weighted by Crippen LogP contribution is -2.53. The number of nitrogens with one attached hydrogen (secondary N) is 1. The van der Waals surface area contributed by atoms with E-state index in [0.717, 1.165) is 29.8 Å². The lowest BCUT2D eigenvalue weighted by atomic mass is 9.88. The van der Waals surface area contributed by atoms with Gasteiger partial charge in [0, 0.05) is 43.3 Å². The number of fused-ring (bicyclic) bond motifs is 1. The smallest absolute Gasteiger partial charge is 0.231 e. The van der Waals surface area contributed by atoms with Gasteiger partial charge in [0.1, 0.15) is 18.3 Å². The molecule has 1 aromatic carbocycles. The van der Waals surface area contributed by atoms with E-state index in [9.17, 15) is 9.18 Å². The summed E-state index contributed by atoms with van der Waals surface area (Å²) in [7, 11) is 0. The average Bonchev–Trinajstić information content (AvgIpc) is 3.33. The fourth-order valence-corrected chi connectivity index (χ4v) is 5.98. The van der Waals surface area contributed by atoms with Crippen molar-refractivity contribution in [2.24, 2.45) is 0 Å².